The van der Waals surface area contributed by atoms with Gasteiger partial charge in [0, 0.05) is 39.5 Å². The molecule has 0 fully saturated rings. The van der Waals surface area contributed by atoms with Crippen LogP contribution in [0.2, 0.25) is 10.0 Å². The third-order valence-corrected chi connectivity index (χ3v) is 6.69. The minimum Gasteiger partial charge on any atom is -0.870 e. The van der Waals surface area contributed by atoms with E-state index in [0.717, 1.165) is 44.3 Å². The summed E-state index contributed by atoms with van der Waals surface area (Å²) < 4.78 is 4.69. The third-order valence-electron chi connectivity index (χ3n) is 6.22. The molecular weight excluding hydrogens is 614 g/mol. The van der Waals surface area contributed by atoms with Gasteiger partial charge in [-0.15, -0.1) is 0 Å². The Balaban J connectivity index is 0.000000287. The summed E-state index contributed by atoms with van der Waals surface area (Å²) in [5, 5.41) is 11.2. The first-order valence-electron chi connectivity index (χ1n) is 12.7. The number of methoxy groups -OCH3 is 1. The second-order valence-electron chi connectivity index (χ2n) is 9.12. The second kappa shape index (κ2) is 18.0. The number of rotatable bonds is 6. The zero-order valence-corrected chi connectivity index (χ0v) is 28.3. The van der Waals surface area contributed by atoms with E-state index in [9.17, 15) is 9.59 Å². The topological polar surface area (TPSA) is 125 Å². The molecular formula is C33H29Cl2KN2O5. The molecule has 2 heterocycles. The fraction of sp³-hybridized carbons (Fsp3) is 0.0909. The van der Waals surface area contributed by atoms with E-state index >= 15 is 0 Å². The molecule has 4 N–H and O–H groups in total. The second-order valence-corrected chi connectivity index (χ2v) is 9.99. The molecule has 0 bridgehead atoms. The summed E-state index contributed by atoms with van der Waals surface area (Å²) >= 11 is 12.0. The molecule has 216 valence electrons. The number of nitrogens with one attached hydrogen (secondary N) is 2. The van der Waals surface area contributed by atoms with Crippen molar-refractivity contribution in [3.05, 3.63) is 131 Å². The van der Waals surface area contributed by atoms with E-state index in [-0.39, 0.29) is 75.7 Å². The van der Waals surface area contributed by atoms with Gasteiger partial charge in [0.2, 0.25) is 0 Å². The van der Waals surface area contributed by atoms with Gasteiger partial charge >= 0.3 is 63.3 Å². The molecule has 5 aromatic rings. The van der Waals surface area contributed by atoms with Crippen LogP contribution in [0.15, 0.2) is 110 Å². The van der Waals surface area contributed by atoms with Crippen molar-refractivity contribution in [2.75, 3.05) is 7.11 Å². The van der Waals surface area contributed by atoms with Gasteiger partial charge in [-0.1, -0.05) is 71.7 Å². The predicted octanol–water partition coefficient (Wildman–Crippen LogP) is 5.12. The first-order chi connectivity index (χ1) is 19.8. The summed E-state index contributed by atoms with van der Waals surface area (Å²) in [5.41, 5.74) is 6.62. The smallest absolute Gasteiger partial charge is 0.870 e. The Morgan fingerprint density at radius 3 is 2.00 bits per heavy atom. The number of carboxylic acid groups (broad SMARTS) is 1. The van der Waals surface area contributed by atoms with Crippen molar-refractivity contribution in [3.8, 4) is 22.3 Å². The number of carbonyl (C=O) groups is 2. The SMILES string of the molecule is COC(=O)Cc1ccc(-c2cccc(Cl)c2)ccc[nH]c1.O=C(O)Cc1c[nH]c2ccc(-c3cccc(Cl)c3)cc12.[K+].[OH-]. The molecule has 0 amide bonds. The number of ether oxygens (including phenoxy) is 1. The van der Waals surface area contributed by atoms with Crippen LogP contribution in [0.3, 0.4) is 0 Å². The van der Waals surface area contributed by atoms with Crippen LogP contribution in [0.4, 0.5) is 0 Å². The quantitative estimate of drug-likeness (QED) is 0.175. The van der Waals surface area contributed by atoms with Gasteiger partial charge in [0.25, 0.3) is 0 Å². The Kier molecular flexibility index (Phi) is 15.2. The number of esters is 1. The number of H-pyrrole nitrogens is 2. The maximum absolute atomic E-state index is 11.4. The van der Waals surface area contributed by atoms with Crippen molar-refractivity contribution in [1.29, 1.82) is 0 Å². The Bertz CT molecular complexity index is 1730. The van der Waals surface area contributed by atoms with Crippen LogP contribution in [0.25, 0.3) is 33.2 Å². The van der Waals surface area contributed by atoms with Crippen LogP contribution in [0.5, 0.6) is 0 Å². The van der Waals surface area contributed by atoms with Gasteiger partial charge in [0.1, 0.15) is 0 Å². The number of fused-ring (bicyclic) bond motifs is 1. The number of aliphatic carboxylic acids is 1. The van der Waals surface area contributed by atoms with Crippen LogP contribution >= 0.6 is 23.2 Å². The summed E-state index contributed by atoms with van der Waals surface area (Å²) in [6.45, 7) is 0. The maximum Gasteiger partial charge on any atom is 1.00 e. The Morgan fingerprint density at radius 2 is 1.37 bits per heavy atom. The summed E-state index contributed by atoms with van der Waals surface area (Å²) in [6, 6.07) is 28.9. The molecule has 3 aromatic carbocycles. The number of benzene rings is 3. The summed E-state index contributed by atoms with van der Waals surface area (Å²) in [4.78, 5) is 28.4. The summed E-state index contributed by atoms with van der Waals surface area (Å²) in [6.07, 6.45) is 5.56. The number of aromatic amines is 2. The van der Waals surface area contributed by atoms with E-state index in [4.69, 9.17) is 33.0 Å². The van der Waals surface area contributed by atoms with Crippen LogP contribution in [-0.2, 0) is 27.2 Å². The minimum atomic E-state index is -0.834. The van der Waals surface area contributed by atoms with Gasteiger partial charge in [-0.3, -0.25) is 9.59 Å². The van der Waals surface area contributed by atoms with Gasteiger partial charge in [0.05, 0.1) is 20.0 Å². The van der Waals surface area contributed by atoms with E-state index in [0.29, 0.717) is 10.0 Å². The van der Waals surface area contributed by atoms with Crippen LogP contribution < -0.4 is 51.4 Å². The Morgan fingerprint density at radius 1 is 0.767 bits per heavy atom. The molecule has 0 atom stereocenters. The molecule has 0 aliphatic carbocycles. The van der Waals surface area contributed by atoms with Crippen molar-refractivity contribution in [2.24, 2.45) is 0 Å². The first kappa shape index (κ1) is 36.3. The zero-order chi connectivity index (χ0) is 29.2. The van der Waals surface area contributed by atoms with Crippen molar-refractivity contribution in [3.63, 3.8) is 0 Å². The molecule has 0 saturated carbocycles. The van der Waals surface area contributed by atoms with E-state index < -0.39 is 5.97 Å². The third kappa shape index (κ3) is 10.9. The van der Waals surface area contributed by atoms with Crippen LogP contribution in [-0.4, -0.2) is 39.6 Å². The average molecular weight is 644 g/mol. The zero-order valence-electron chi connectivity index (χ0n) is 23.7. The Labute approximate surface area is 302 Å². The number of carbonyl (C=O) groups excluding carboxylic acids is 1. The Hall–Kier alpha value is -2.92. The normalized spacial score (nSPS) is 9.84. The van der Waals surface area contributed by atoms with E-state index in [1.165, 1.54) is 7.11 Å². The molecule has 10 heteroatoms. The van der Waals surface area contributed by atoms with Crippen LogP contribution in [0.1, 0.15) is 11.1 Å². The molecule has 0 saturated heterocycles. The van der Waals surface area contributed by atoms with Gasteiger partial charge in [-0.2, -0.15) is 0 Å². The fourth-order valence-electron chi connectivity index (χ4n) is 4.21. The van der Waals surface area contributed by atoms with Crippen molar-refractivity contribution in [1.82, 2.24) is 9.97 Å². The predicted molar refractivity (Wildman–Crippen MR) is 167 cm³/mol. The fourth-order valence-corrected chi connectivity index (χ4v) is 4.59. The van der Waals surface area contributed by atoms with E-state index in [1.807, 2.05) is 91.0 Å². The molecule has 0 aliphatic heterocycles. The largest absolute Gasteiger partial charge is 1.00 e. The molecule has 2 aromatic heterocycles. The minimum absolute atomic E-state index is 0. The first-order valence-corrected chi connectivity index (χ1v) is 13.5. The van der Waals surface area contributed by atoms with Crippen LogP contribution in [0, 0.1) is 0 Å². The van der Waals surface area contributed by atoms with E-state index in [2.05, 4.69) is 9.97 Å². The van der Waals surface area contributed by atoms with Crippen molar-refractivity contribution in [2.45, 2.75) is 12.8 Å². The molecule has 0 spiro atoms. The number of hydrogen-bond acceptors (Lipinski definition) is 4. The van der Waals surface area contributed by atoms with Gasteiger partial charge in [-0.25, -0.2) is 0 Å². The molecule has 0 aliphatic rings. The number of hydrogen-bond donors (Lipinski definition) is 3. The molecule has 7 nitrogen and oxygen atoms in total. The van der Waals surface area contributed by atoms with E-state index in [1.54, 1.807) is 18.6 Å². The number of aromatic nitrogens is 2. The maximum atomic E-state index is 11.4. The monoisotopic (exact) mass is 642 g/mol. The molecule has 43 heavy (non-hydrogen) atoms. The van der Waals surface area contributed by atoms with Gasteiger partial charge in [0.15, 0.2) is 0 Å². The molecule has 0 radical (unpaired) electrons. The van der Waals surface area contributed by atoms with Crippen molar-refractivity contribution >= 4 is 46.0 Å². The number of carboxylic acids is 1. The summed E-state index contributed by atoms with van der Waals surface area (Å²) in [5.74, 6) is -1.11. The molecule has 5 rings (SSSR count). The number of halogens is 2. The molecule has 0 unspecified atom stereocenters. The van der Waals surface area contributed by atoms with Gasteiger partial charge in [-0.05, 0) is 75.8 Å². The summed E-state index contributed by atoms with van der Waals surface area (Å²) in [7, 11) is 1.38. The van der Waals surface area contributed by atoms with Crippen molar-refractivity contribution < 1.29 is 76.3 Å². The standard InChI is InChI=1S/C17H16ClNO2.C16H12ClNO2.K.H2O/c1-21-17(20)10-13-7-8-14(5-3-9-19-12-13)15-4-2-6-16(18)11-15;17-13-3-1-2-10(6-13)11-4-5-15-14(7-11)12(9-18-15)8-16(19)20;;/h2-9,11-12,19H,10H2,1H3;1-7,9,18H,8H2,(H,19,20);;1H2/q;;+1;/p-1. The van der Waals surface area contributed by atoms with Gasteiger partial charge < -0.3 is 25.3 Å². The average Bonchev–Trinajstić information content (AvgIpc) is 3.39.